The fourth-order valence-corrected chi connectivity index (χ4v) is 10.2. The molecule has 0 radical (unpaired) electrons. The van der Waals surface area contributed by atoms with Crippen molar-refractivity contribution in [2.45, 2.75) is 0 Å². The first kappa shape index (κ1) is 38.3. The highest BCUT2D eigenvalue weighted by Crippen LogP contribution is 2.45. The van der Waals surface area contributed by atoms with Crippen LogP contribution in [0.15, 0.2) is 231 Å². The monoisotopic (exact) mass is 846 g/mol. The minimum absolute atomic E-state index is 0.686. The van der Waals surface area contributed by atoms with Crippen molar-refractivity contribution in [1.82, 2.24) is 19.9 Å². The van der Waals surface area contributed by atoms with E-state index in [1.54, 1.807) is 0 Å². The number of hydrogen-bond donors (Lipinski definition) is 0. The van der Waals surface area contributed by atoms with Gasteiger partial charge in [-0.05, 0) is 45.7 Å². The summed E-state index contributed by atoms with van der Waals surface area (Å²) in [5.74, 6) is 1.38. The summed E-state index contributed by atoms with van der Waals surface area (Å²) >= 11 is 1.85. The third kappa shape index (κ3) is 7.24. The van der Waals surface area contributed by atoms with Gasteiger partial charge in [0.15, 0.2) is 11.6 Å². The average molecular weight is 847 g/mol. The lowest BCUT2D eigenvalue weighted by atomic mass is 9.92. The molecule has 0 aliphatic rings. The normalized spacial score (nSPS) is 11.4. The van der Waals surface area contributed by atoms with Crippen molar-refractivity contribution in [3.63, 3.8) is 0 Å². The fourth-order valence-electron chi connectivity index (χ4n) is 8.91. The Morgan fingerprint density at radius 3 is 1.34 bits per heavy atom. The van der Waals surface area contributed by atoms with Crippen LogP contribution in [0.25, 0.3) is 121 Å². The maximum Gasteiger partial charge on any atom is 0.160 e. The molecule has 0 bridgehead atoms. The molecule has 0 saturated heterocycles. The number of hydrogen-bond acceptors (Lipinski definition) is 5. The van der Waals surface area contributed by atoms with Gasteiger partial charge in [0.25, 0.3) is 0 Å². The van der Waals surface area contributed by atoms with E-state index in [4.69, 9.17) is 19.9 Å². The molecular formula is C60H38N4S. The van der Waals surface area contributed by atoms with E-state index in [9.17, 15) is 0 Å². The smallest absolute Gasteiger partial charge is 0.160 e. The highest BCUT2D eigenvalue weighted by molar-refractivity contribution is 7.26. The molecule has 9 aromatic carbocycles. The first-order valence-corrected chi connectivity index (χ1v) is 22.6. The van der Waals surface area contributed by atoms with E-state index in [0.717, 1.165) is 78.2 Å². The van der Waals surface area contributed by atoms with Gasteiger partial charge in [0.2, 0.25) is 0 Å². The molecule has 65 heavy (non-hydrogen) atoms. The molecule has 0 spiro atoms. The summed E-state index contributed by atoms with van der Waals surface area (Å²) in [7, 11) is 0. The Labute approximate surface area is 380 Å². The van der Waals surface area contributed by atoms with Gasteiger partial charge in [0.05, 0.1) is 22.8 Å². The predicted molar refractivity (Wildman–Crippen MR) is 272 cm³/mol. The van der Waals surface area contributed by atoms with Gasteiger partial charge in [0, 0.05) is 59.1 Å². The largest absolute Gasteiger partial charge is 0.228 e. The summed E-state index contributed by atoms with van der Waals surface area (Å²) in [6, 6.07) is 80.9. The van der Waals surface area contributed by atoms with Crippen LogP contribution in [0.1, 0.15) is 0 Å². The predicted octanol–water partition coefficient (Wildman–Crippen LogP) is 16.1. The summed E-state index contributed by atoms with van der Waals surface area (Å²) < 4.78 is 2.53. The SMILES string of the molecule is c1ccc(-c2cc(-c3ccccc3)nc(-c3ccc(-c4c(-c5ccc(-c6nc(-c7ccccc7)cc(-c7cccc8ccccc78)n6)cc5)ccc5c4sc4ccccc45)cc3)n2)cc1. The molecule has 12 aromatic rings. The Hall–Kier alpha value is -8.38. The van der Waals surface area contributed by atoms with Crippen molar-refractivity contribution in [2.24, 2.45) is 0 Å². The molecule has 0 saturated carbocycles. The molecule has 12 rings (SSSR count). The van der Waals surface area contributed by atoms with E-state index in [0.29, 0.717) is 11.6 Å². The summed E-state index contributed by atoms with van der Waals surface area (Å²) in [6.07, 6.45) is 0. The number of thiophene rings is 1. The molecular weight excluding hydrogens is 809 g/mol. The van der Waals surface area contributed by atoms with E-state index < -0.39 is 0 Å². The zero-order valence-electron chi connectivity index (χ0n) is 35.1. The Morgan fingerprint density at radius 1 is 0.277 bits per heavy atom. The standard InChI is InChI=1S/C60H38N4S/c1-4-16-41(17-5-1)52-37-53(42-18-6-2-7-19-42)62-59(61-52)46-33-29-44(30-34-46)57-48(35-36-51-50-24-12-13-26-56(50)65-58(51)57)40-27-31-45(32-28-40)60-63-54(43-20-8-3-9-21-43)38-55(64-60)49-25-14-22-39-15-10-11-23-47(39)49/h1-38H. The van der Waals surface area contributed by atoms with Crippen molar-refractivity contribution in [2.75, 3.05) is 0 Å². The molecule has 0 atom stereocenters. The molecule has 0 unspecified atom stereocenters. The summed E-state index contributed by atoms with van der Waals surface area (Å²) in [5.41, 5.74) is 14.3. The van der Waals surface area contributed by atoms with Crippen LogP contribution in [-0.4, -0.2) is 19.9 Å². The molecule has 5 heteroatoms. The Morgan fingerprint density at radius 2 is 0.738 bits per heavy atom. The van der Waals surface area contributed by atoms with Gasteiger partial charge in [-0.3, -0.25) is 0 Å². The zero-order valence-corrected chi connectivity index (χ0v) is 36.0. The number of aromatic nitrogens is 4. The maximum atomic E-state index is 5.24. The Balaban J connectivity index is 0.968. The maximum absolute atomic E-state index is 5.24. The highest BCUT2D eigenvalue weighted by atomic mass is 32.1. The van der Waals surface area contributed by atoms with Crippen LogP contribution in [0.3, 0.4) is 0 Å². The fraction of sp³-hybridized carbons (Fsp3) is 0. The van der Waals surface area contributed by atoms with Gasteiger partial charge in [-0.25, -0.2) is 19.9 Å². The van der Waals surface area contributed by atoms with E-state index >= 15 is 0 Å². The van der Waals surface area contributed by atoms with Crippen molar-refractivity contribution in [1.29, 1.82) is 0 Å². The van der Waals surface area contributed by atoms with Gasteiger partial charge >= 0.3 is 0 Å². The van der Waals surface area contributed by atoms with Crippen LogP contribution in [0.2, 0.25) is 0 Å². The molecule has 3 heterocycles. The average Bonchev–Trinajstić information content (AvgIpc) is 3.78. The Kier molecular flexibility index (Phi) is 9.66. The number of fused-ring (bicyclic) bond motifs is 4. The quantitative estimate of drug-likeness (QED) is 0.153. The lowest BCUT2D eigenvalue weighted by Gasteiger charge is -2.14. The van der Waals surface area contributed by atoms with Crippen molar-refractivity contribution in [3.05, 3.63) is 231 Å². The molecule has 0 amide bonds. The second kappa shape index (κ2) is 16.4. The molecule has 0 aliphatic carbocycles. The van der Waals surface area contributed by atoms with Crippen LogP contribution in [0.4, 0.5) is 0 Å². The molecule has 0 aliphatic heterocycles. The number of rotatable bonds is 8. The third-order valence-corrected chi connectivity index (χ3v) is 13.4. The highest BCUT2D eigenvalue weighted by Gasteiger charge is 2.19. The summed E-state index contributed by atoms with van der Waals surface area (Å²) in [5, 5.41) is 4.86. The summed E-state index contributed by atoms with van der Waals surface area (Å²) in [6.45, 7) is 0. The van der Waals surface area contributed by atoms with Crippen LogP contribution in [-0.2, 0) is 0 Å². The van der Waals surface area contributed by atoms with Gasteiger partial charge in [-0.2, -0.15) is 0 Å². The van der Waals surface area contributed by atoms with Crippen molar-refractivity contribution in [3.8, 4) is 90.1 Å². The minimum Gasteiger partial charge on any atom is -0.228 e. The summed E-state index contributed by atoms with van der Waals surface area (Å²) in [4.78, 5) is 20.6. The van der Waals surface area contributed by atoms with E-state index in [2.05, 4.69) is 188 Å². The topological polar surface area (TPSA) is 51.6 Å². The van der Waals surface area contributed by atoms with Crippen molar-refractivity contribution < 1.29 is 0 Å². The van der Waals surface area contributed by atoms with E-state index in [1.165, 1.54) is 31.1 Å². The molecule has 304 valence electrons. The zero-order chi connectivity index (χ0) is 43.1. The second-order valence-electron chi connectivity index (χ2n) is 16.2. The van der Waals surface area contributed by atoms with Crippen LogP contribution in [0, 0.1) is 0 Å². The van der Waals surface area contributed by atoms with Crippen LogP contribution in [0.5, 0.6) is 0 Å². The lowest BCUT2D eigenvalue weighted by molar-refractivity contribution is 1.18. The van der Waals surface area contributed by atoms with Crippen molar-refractivity contribution >= 4 is 42.3 Å². The first-order valence-electron chi connectivity index (χ1n) is 21.8. The molecule has 0 N–H and O–H groups in total. The van der Waals surface area contributed by atoms with Crippen LogP contribution < -0.4 is 0 Å². The number of nitrogens with zero attached hydrogens (tertiary/aromatic N) is 4. The van der Waals surface area contributed by atoms with Gasteiger partial charge in [-0.1, -0.05) is 212 Å². The lowest BCUT2D eigenvalue weighted by Crippen LogP contribution is -1.96. The van der Waals surface area contributed by atoms with Gasteiger partial charge in [-0.15, -0.1) is 11.3 Å². The second-order valence-corrected chi connectivity index (χ2v) is 17.2. The van der Waals surface area contributed by atoms with Gasteiger partial charge < -0.3 is 0 Å². The number of benzene rings is 9. The Bertz CT molecular complexity index is 3620. The first-order chi connectivity index (χ1) is 32.2. The molecule has 3 aromatic heterocycles. The van der Waals surface area contributed by atoms with Crippen LogP contribution >= 0.6 is 11.3 Å². The van der Waals surface area contributed by atoms with E-state index in [-0.39, 0.29) is 0 Å². The third-order valence-electron chi connectivity index (χ3n) is 12.2. The molecule has 0 fully saturated rings. The minimum atomic E-state index is 0.686. The van der Waals surface area contributed by atoms with Gasteiger partial charge in [0.1, 0.15) is 0 Å². The van der Waals surface area contributed by atoms with E-state index in [1.807, 2.05) is 53.8 Å². The molecule has 4 nitrogen and oxygen atoms in total.